The summed E-state index contributed by atoms with van der Waals surface area (Å²) in [7, 11) is 1.68. The fraction of sp³-hybridized carbons (Fsp3) is 0.571. The standard InChI is InChI=1S/C14H21NO2/c1-16-13-4-2-3-5-14(13)17-11-8-12-6-9-15-10-7-12/h2-5,12,15H,6-11H2,1H3. The fourth-order valence-corrected chi connectivity index (χ4v) is 2.24. The predicted octanol–water partition coefficient (Wildman–Crippen LogP) is 2.46. The van der Waals surface area contributed by atoms with Crippen LogP contribution in [0.25, 0.3) is 0 Å². The summed E-state index contributed by atoms with van der Waals surface area (Å²) in [4.78, 5) is 0. The lowest BCUT2D eigenvalue weighted by atomic mass is 9.95. The summed E-state index contributed by atoms with van der Waals surface area (Å²) in [5.41, 5.74) is 0. The number of methoxy groups -OCH3 is 1. The Morgan fingerprint density at radius 1 is 1.18 bits per heavy atom. The van der Waals surface area contributed by atoms with E-state index in [2.05, 4.69) is 5.32 Å². The van der Waals surface area contributed by atoms with Gasteiger partial charge in [-0.3, -0.25) is 0 Å². The summed E-state index contributed by atoms with van der Waals surface area (Å²) in [5.74, 6) is 2.48. The van der Waals surface area contributed by atoms with Crippen molar-refractivity contribution in [2.45, 2.75) is 19.3 Å². The maximum Gasteiger partial charge on any atom is 0.161 e. The summed E-state index contributed by atoms with van der Waals surface area (Å²) < 4.78 is 11.0. The fourth-order valence-electron chi connectivity index (χ4n) is 2.24. The predicted molar refractivity (Wildman–Crippen MR) is 68.7 cm³/mol. The molecule has 0 saturated carbocycles. The van der Waals surface area contributed by atoms with Crippen molar-refractivity contribution in [3.05, 3.63) is 24.3 Å². The second kappa shape index (κ2) is 6.50. The van der Waals surface area contributed by atoms with Crippen molar-refractivity contribution < 1.29 is 9.47 Å². The molecule has 1 aromatic rings. The van der Waals surface area contributed by atoms with Gasteiger partial charge < -0.3 is 14.8 Å². The van der Waals surface area contributed by atoms with Crippen LogP contribution in [0.4, 0.5) is 0 Å². The van der Waals surface area contributed by atoms with E-state index in [1.165, 1.54) is 12.8 Å². The van der Waals surface area contributed by atoms with Gasteiger partial charge in [0.05, 0.1) is 13.7 Å². The Kier molecular flexibility index (Phi) is 4.68. The van der Waals surface area contributed by atoms with E-state index in [1.807, 2.05) is 24.3 Å². The largest absolute Gasteiger partial charge is 0.493 e. The molecule has 1 N–H and O–H groups in total. The molecule has 17 heavy (non-hydrogen) atoms. The van der Waals surface area contributed by atoms with Crippen LogP contribution in [0.1, 0.15) is 19.3 Å². The molecular formula is C14H21NO2. The third kappa shape index (κ3) is 3.63. The zero-order valence-electron chi connectivity index (χ0n) is 10.4. The molecule has 0 atom stereocenters. The maximum absolute atomic E-state index is 5.79. The van der Waals surface area contributed by atoms with Gasteiger partial charge in [-0.25, -0.2) is 0 Å². The Morgan fingerprint density at radius 2 is 1.88 bits per heavy atom. The molecule has 0 amide bonds. The van der Waals surface area contributed by atoms with Gasteiger partial charge in [-0.2, -0.15) is 0 Å². The highest BCUT2D eigenvalue weighted by Gasteiger charge is 2.13. The van der Waals surface area contributed by atoms with E-state index in [4.69, 9.17) is 9.47 Å². The highest BCUT2D eigenvalue weighted by atomic mass is 16.5. The third-order valence-electron chi connectivity index (χ3n) is 3.31. The van der Waals surface area contributed by atoms with Crippen molar-refractivity contribution in [3.8, 4) is 11.5 Å². The van der Waals surface area contributed by atoms with Crippen molar-refractivity contribution in [3.63, 3.8) is 0 Å². The number of benzene rings is 1. The highest BCUT2D eigenvalue weighted by molar-refractivity contribution is 5.39. The first-order valence-electron chi connectivity index (χ1n) is 6.36. The average Bonchev–Trinajstić information content (AvgIpc) is 2.40. The molecule has 94 valence electrons. The summed E-state index contributed by atoms with van der Waals surface area (Å²) in [6.45, 7) is 3.09. The molecule has 1 aromatic carbocycles. The molecule has 0 aliphatic carbocycles. The molecule has 1 saturated heterocycles. The van der Waals surface area contributed by atoms with Crippen molar-refractivity contribution in [2.24, 2.45) is 5.92 Å². The number of hydrogen-bond donors (Lipinski definition) is 1. The van der Waals surface area contributed by atoms with Crippen molar-refractivity contribution in [1.82, 2.24) is 5.32 Å². The minimum Gasteiger partial charge on any atom is -0.493 e. The number of para-hydroxylation sites is 2. The quantitative estimate of drug-likeness (QED) is 0.850. The van der Waals surface area contributed by atoms with E-state index in [0.717, 1.165) is 43.5 Å². The monoisotopic (exact) mass is 235 g/mol. The van der Waals surface area contributed by atoms with Crippen LogP contribution >= 0.6 is 0 Å². The Bertz CT molecular complexity index is 335. The molecular weight excluding hydrogens is 214 g/mol. The van der Waals surface area contributed by atoms with E-state index in [1.54, 1.807) is 7.11 Å². The number of nitrogens with one attached hydrogen (secondary N) is 1. The molecule has 0 radical (unpaired) electrons. The van der Waals surface area contributed by atoms with E-state index in [0.29, 0.717) is 0 Å². The maximum atomic E-state index is 5.79. The van der Waals surface area contributed by atoms with E-state index >= 15 is 0 Å². The van der Waals surface area contributed by atoms with Gasteiger partial charge in [-0.1, -0.05) is 12.1 Å². The Hall–Kier alpha value is -1.22. The van der Waals surface area contributed by atoms with Gasteiger partial charge in [0.2, 0.25) is 0 Å². The zero-order valence-corrected chi connectivity index (χ0v) is 10.4. The third-order valence-corrected chi connectivity index (χ3v) is 3.31. The van der Waals surface area contributed by atoms with Crippen LogP contribution in [-0.4, -0.2) is 26.8 Å². The van der Waals surface area contributed by atoms with Crippen molar-refractivity contribution >= 4 is 0 Å². The summed E-state index contributed by atoms with van der Waals surface area (Å²) in [6.07, 6.45) is 3.68. The van der Waals surface area contributed by atoms with Crippen LogP contribution in [0.5, 0.6) is 11.5 Å². The summed E-state index contributed by atoms with van der Waals surface area (Å²) in [5, 5.41) is 3.38. The van der Waals surface area contributed by atoms with Crippen LogP contribution in [0.3, 0.4) is 0 Å². The van der Waals surface area contributed by atoms with E-state index in [-0.39, 0.29) is 0 Å². The lowest BCUT2D eigenvalue weighted by Gasteiger charge is -2.22. The lowest BCUT2D eigenvalue weighted by molar-refractivity contribution is 0.243. The van der Waals surface area contributed by atoms with Gasteiger partial charge in [-0.05, 0) is 50.4 Å². The minimum atomic E-state index is 0.783. The van der Waals surface area contributed by atoms with E-state index < -0.39 is 0 Å². The molecule has 1 fully saturated rings. The topological polar surface area (TPSA) is 30.5 Å². The molecule has 2 rings (SSSR count). The van der Waals surface area contributed by atoms with Gasteiger partial charge in [-0.15, -0.1) is 0 Å². The molecule has 0 bridgehead atoms. The van der Waals surface area contributed by atoms with Crippen molar-refractivity contribution in [2.75, 3.05) is 26.8 Å². The highest BCUT2D eigenvalue weighted by Crippen LogP contribution is 2.26. The Labute approximate surface area is 103 Å². The second-order valence-electron chi connectivity index (χ2n) is 4.48. The second-order valence-corrected chi connectivity index (χ2v) is 4.48. The molecule has 3 heteroatoms. The molecule has 3 nitrogen and oxygen atoms in total. The Morgan fingerprint density at radius 3 is 2.59 bits per heavy atom. The SMILES string of the molecule is COc1ccccc1OCCC1CCNCC1. The van der Waals surface area contributed by atoms with Gasteiger partial charge in [0.1, 0.15) is 0 Å². The minimum absolute atomic E-state index is 0.783. The van der Waals surface area contributed by atoms with Gasteiger partial charge in [0.15, 0.2) is 11.5 Å². The van der Waals surface area contributed by atoms with Crippen LogP contribution in [0.2, 0.25) is 0 Å². The lowest BCUT2D eigenvalue weighted by Crippen LogP contribution is -2.28. The van der Waals surface area contributed by atoms with Gasteiger partial charge in [0.25, 0.3) is 0 Å². The molecule has 1 aliphatic heterocycles. The number of ether oxygens (including phenoxy) is 2. The van der Waals surface area contributed by atoms with Gasteiger partial charge in [0, 0.05) is 0 Å². The first-order chi connectivity index (χ1) is 8.40. The van der Waals surface area contributed by atoms with Crippen LogP contribution in [0, 0.1) is 5.92 Å². The Balaban J connectivity index is 1.77. The van der Waals surface area contributed by atoms with Crippen LogP contribution in [-0.2, 0) is 0 Å². The van der Waals surface area contributed by atoms with Crippen LogP contribution in [0.15, 0.2) is 24.3 Å². The number of piperidine rings is 1. The van der Waals surface area contributed by atoms with Gasteiger partial charge >= 0.3 is 0 Å². The normalized spacial score (nSPS) is 16.8. The average molecular weight is 235 g/mol. The first-order valence-corrected chi connectivity index (χ1v) is 6.36. The smallest absolute Gasteiger partial charge is 0.161 e. The summed E-state index contributed by atoms with van der Waals surface area (Å²) >= 11 is 0. The van der Waals surface area contributed by atoms with Crippen LogP contribution < -0.4 is 14.8 Å². The van der Waals surface area contributed by atoms with Crippen molar-refractivity contribution in [1.29, 1.82) is 0 Å². The first kappa shape index (κ1) is 12.2. The number of hydrogen-bond acceptors (Lipinski definition) is 3. The molecule has 0 spiro atoms. The molecule has 0 aromatic heterocycles. The zero-order chi connectivity index (χ0) is 11.9. The molecule has 0 unspecified atom stereocenters. The molecule has 1 heterocycles. The molecule has 1 aliphatic rings. The number of rotatable bonds is 5. The summed E-state index contributed by atoms with van der Waals surface area (Å²) in [6, 6.07) is 7.82. The van der Waals surface area contributed by atoms with E-state index in [9.17, 15) is 0 Å².